The molecule has 2 aromatic rings. The maximum Gasteiger partial charge on any atom is 0.0214 e. The Labute approximate surface area is 106 Å². The van der Waals surface area contributed by atoms with Gasteiger partial charge in [0, 0.05) is 17.5 Å². The van der Waals surface area contributed by atoms with Gasteiger partial charge in [-0.1, -0.05) is 24.3 Å². The van der Waals surface area contributed by atoms with Gasteiger partial charge in [-0.3, -0.25) is 0 Å². The first-order chi connectivity index (χ1) is 8.33. The first kappa shape index (κ1) is 11.0. The summed E-state index contributed by atoms with van der Waals surface area (Å²) in [5.41, 5.74) is 4.16. The topological polar surface area (TPSA) is 12.0 Å². The van der Waals surface area contributed by atoms with Gasteiger partial charge >= 0.3 is 0 Å². The van der Waals surface area contributed by atoms with Crippen LogP contribution in [0.5, 0.6) is 0 Å². The zero-order valence-corrected chi connectivity index (χ0v) is 10.9. The van der Waals surface area contributed by atoms with Crippen molar-refractivity contribution in [3.8, 4) is 11.1 Å². The van der Waals surface area contributed by atoms with Crippen molar-refractivity contribution in [3.05, 3.63) is 46.2 Å². The Balaban J connectivity index is 1.86. The SMILES string of the molecule is Cc1cc(-c2ccccc2CNC2CC2)cs1. The molecule has 1 N–H and O–H groups in total. The summed E-state index contributed by atoms with van der Waals surface area (Å²) < 4.78 is 0. The van der Waals surface area contributed by atoms with Gasteiger partial charge in [-0.25, -0.2) is 0 Å². The van der Waals surface area contributed by atoms with Crippen molar-refractivity contribution in [2.24, 2.45) is 0 Å². The van der Waals surface area contributed by atoms with Crippen LogP contribution >= 0.6 is 11.3 Å². The summed E-state index contributed by atoms with van der Waals surface area (Å²) in [6.07, 6.45) is 2.69. The Morgan fingerprint density at radius 1 is 1.29 bits per heavy atom. The van der Waals surface area contributed by atoms with E-state index in [1.165, 1.54) is 34.4 Å². The number of aryl methyl sites for hydroxylation is 1. The van der Waals surface area contributed by atoms with Crippen molar-refractivity contribution in [3.63, 3.8) is 0 Å². The summed E-state index contributed by atoms with van der Waals surface area (Å²) in [6, 6.07) is 11.8. The third-order valence-corrected chi connectivity index (χ3v) is 4.08. The van der Waals surface area contributed by atoms with Crippen molar-refractivity contribution in [2.45, 2.75) is 32.4 Å². The number of nitrogens with one attached hydrogen (secondary N) is 1. The molecule has 1 aliphatic rings. The number of rotatable bonds is 4. The van der Waals surface area contributed by atoms with E-state index in [1.807, 2.05) is 11.3 Å². The zero-order valence-electron chi connectivity index (χ0n) is 10.1. The predicted molar refractivity (Wildman–Crippen MR) is 74.4 cm³/mol. The molecule has 88 valence electrons. The number of benzene rings is 1. The lowest BCUT2D eigenvalue weighted by Crippen LogP contribution is -2.15. The minimum atomic E-state index is 0.771. The van der Waals surface area contributed by atoms with E-state index in [2.05, 4.69) is 48.0 Å². The van der Waals surface area contributed by atoms with E-state index in [-0.39, 0.29) is 0 Å². The van der Waals surface area contributed by atoms with Gasteiger partial charge in [0.2, 0.25) is 0 Å². The molecule has 0 bridgehead atoms. The Hall–Kier alpha value is -1.12. The highest BCUT2D eigenvalue weighted by molar-refractivity contribution is 7.10. The molecule has 0 amide bonds. The van der Waals surface area contributed by atoms with Crippen molar-refractivity contribution >= 4 is 11.3 Å². The van der Waals surface area contributed by atoms with Crippen LogP contribution in [0.1, 0.15) is 23.3 Å². The van der Waals surface area contributed by atoms with Crippen LogP contribution in [0.3, 0.4) is 0 Å². The molecule has 1 aliphatic carbocycles. The van der Waals surface area contributed by atoms with Crippen LogP contribution in [0.2, 0.25) is 0 Å². The van der Waals surface area contributed by atoms with Crippen LogP contribution in [0.4, 0.5) is 0 Å². The fourth-order valence-electron chi connectivity index (χ4n) is 2.08. The van der Waals surface area contributed by atoms with Gasteiger partial charge in [0.15, 0.2) is 0 Å². The minimum Gasteiger partial charge on any atom is -0.310 e. The van der Waals surface area contributed by atoms with Gasteiger partial charge < -0.3 is 5.32 Å². The minimum absolute atomic E-state index is 0.771. The monoisotopic (exact) mass is 243 g/mol. The van der Waals surface area contributed by atoms with Gasteiger partial charge in [0.25, 0.3) is 0 Å². The van der Waals surface area contributed by atoms with E-state index >= 15 is 0 Å². The fraction of sp³-hybridized carbons (Fsp3) is 0.333. The lowest BCUT2D eigenvalue weighted by atomic mass is 10.0. The fourth-order valence-corrected chi connectivity index (χ4v) is 2.79. The van der Waals surface area contributed by atoms with Crippen LogP contribution in [-0.2, 0) is 6.54 Å². The number of hydrogen-bond acceptors (Lipinski definition) is 2. The van der Waals surface area contributed by atoms with Crippen LogP contribution in [0.25, 0.3) is 11.1 Å². The second-order valence-electron chi connectivity index (χ2n) is 4.76. The molecule has 0 atom stereocenters. The number of thiophene rings is 1. The molecule has 1 heterocycles. The van der Waals surface area contributed by atoms with Crippen molar-refractivity contribution in [2.75, 3.05) is 0 Å². The second-order valence-corrected chi connectivity index (χ2v) is 5.87. The molecule has 1 saturated carbocycles. The third-order valence-electron chi connectivity index (χ3n) is 3.22. The molecule has 1 aromatic carbocycles. The first-order valence-electron chi connectivity index (χ1n) is 6.20. The lowest BCUT2D eigenvalue weighted by molar-refractivity contribution is 0.689. The molecule has 1 aromatic heterocycles. The van der Waals surface area contributed by atoms with E-state index in [0.29, 0.717) is 0 Å². The average Bonchev–Trinajstić information content (AvgIpc) is 3.08. The van der Waals surface area contributed by atoms with Crippen LogP contribution in [0, 0.1) is 6.92 Å². The van der Waals surface area contributed by atoms with Gasteiger partial charge in [-0.2, -0.15) is 0 Å². The van der Waals surface area contributed by atoms with Crippen LogP contribution < -0.4 is 5.32 Å². The van der Waals surface area contributed by atoms with Crippen LogP contribution in [0.15, 0.2) is 35.7 Å². The molecule has 0 radical (unpaired) electrons. The average molecular weight is 243 g/mol. The molecule has 2 heteroatoms. The highest BCUT2D eigenvalue weighted by Crippen LogP contribution is 2.28. The van der Waals surface area contributed by atoms with Gasteiger partial charge in [-0.15, -0.1) is 11.3 Å². The molecule has 0 saturated heterocycles. The Morgan fingerprint density at radius 3 is 2.82 bits per heavy atom. The van der Waals surface area contributed by atoms with Gasteiger partial charge in [0.1, 0.15) is 0 Å². The zero-order chi connectivity index (χ0) is 11.7. The maximum absolute atomic E-state index is 3.59. The molecule has 1 fully saturated rings. The Morgan fingerprint density at radius 2 is 2.12 bits per heavy atom. The molecule has 1 nitrogen and oxygen atoms in total. The molecule has 0 unspecified atom stereocenters. The first-order valence-corrected chi connectivity index (χ1v) is 7.08. The van der Waals surface area contributed by atoms with E-state index < -0.39 is 0 Å². The third kappa shape index (κ3) is 2.59. The molecule has 3 rings (SSSR count). The predicted octanol–water partition coefficient (Wildman–Crippen LogP) is 3.98. The van der Waals surface area contributed by atoms with Crippen LogP contribution in [-0.4, -0.2) is 6.04 Å². The van der Waals surface area contributed by atoms with Gasteiger partial charge in [-0.05, 0) is 47.9 Å². The normalized spacial score (nSPS) is 15.1. The lowest BCUT2D eigenvalue weighted by Gasteiger charge is -2.08. The maximum atomic E-state index is 3.59. The number of hydrogen-bond donors (Lipinski definition) is 1. The summed E-state index contributed by atoms with van der Waals surface area (Å²) >= 11 is 1.82. The van der Waals surface area contributed by atoms with E-state index in [1.54, 1.807) is 0 Å². The highest BCUT2D eigenvalue weighted by Gasteiger charge is 2.20. The highest BCUT2D eigenvalue weighted by atomic mass is 32.1. The quantitative estimate of drug-likeness (QED) is 0.856. The summed E-state index contributed by atoms with van der Waals surface area (Å²) in [6.45, 7) is 3.16. The van der Waals surface area contributed by atoms with Gasteiger partial charge in [0.05, 0.1) is 0 Å². The molecular formula is C15H17NS. The summed E-state index contributed by atoms with van der Waals surface area (Å²) in [5.74, 6) is 0. The molecular weight excluding hydrogens is 226 g/mol. The summed E-state index contributed by atoms with van der Waals surface area (Å²) in [5, 5.41) is 5.85. The van der Waals surface area contributed by atoms with Crippen molar-refractivity contribution in [1.82, 2.24) is 5.32 Å². The van der Waals surface area contributed by atoms with E-state index in [4.69, 9.17) is 0 Å². The largest absolute Gasteiger partial charge is 0.310 e. The Bertz CT molecular complexity index is 511. The van der Waals surface area contributed by atoms with Crippen molar-refractivity contribution < 1.29 is 0 Å². The van der Waals surface area contributed by atoms with E-state index in [0.717, 1.165) is 12.6 Å². The molecule has 0 spiro atoms. The molecule has 17 heavy (non-hydrogen) atoms. The van der Waals surface area contributed by atoms with Crippen molar-refractivity contribution in [1.29, 1.82) is 0 Å². The Kier molecular flexibility index (Phi) is 3.00. The second kappa shape index (κ2) is 4.63. The standard InChI is InChI=1S/C15H17NS/c1-11-8-13(10-17-11)15-5-3-2-4-12(15)9-16-14-6-7-14/h2-5,8,10,14,16H,6-7,9H2,1H3. The summed E-state index contributed by atoms with van der Waals surface area (Å²) in [7, 11) is 0. The smallest absolute Gasteiger partial charge is 0.0214 e. The summed E-state index contributed by atoms with van der Waals surface area (Å²) in [4.78, 5) is 1.38. The molecule has 0 aliphatic heterocycles. The van der Waals surface area contributed by atoms with E-state index in [9.17, 15) is 0 Å².